The molecule has 2 aromatic carbocycles. The van der Waals surface area contributed by atoms with Gasteiger partial charge in [-0.05, 0) is 54.8 Å². The second kappa shape index (κ2) is 8.31. The Balaban J connectivity index is 1.85. The van der Waals surface area contributed by atoms with Gasteiger partial charge < -0.3 is 10.4 Å². The topological polar surface area (TPSA) is 78.0 Å². The molecule has 1 aromatic heterocycles. The smallest absolute Gasteiger partial charge is 0.207 e. The zero-order valence-corrected chi connectivity index (χ0v) is 15.4. The number of aliphatic hydroxyl groups is 1. The molecule has 3 rings (SSSR count). The standard InChI is InChI=1S/C21H21F2N3O2/c1-21(28,8-9-24-13-27)12-15-10-17-19(25-26-20(17)11-18(15)23)7-4-14-2-5-16(22)6-3-14/h2-7,10-11,13,28H,8-9,12H2,1H3,(H,24,27)(H,25,26)/b7-4+. The number of fused-ring (bicyclic) bond motifs is 1. The molecule has 28 heavy (non-hydrogen) atoms. The van der Waals surface area contributed by atoms with Gasteiger partial charge in [-0.3, -0.25) is 9.89 Å². The Kier molecular flexibility index (Phi) is 5.84. The van der Waals surface area contributed by atoms with Gasteiger partial charge in [-0.25, -0.2) is 8.78 Å². The third kappa shape index (κ3) is 4.80. The lowest BCUT2D eigenvalue weighted by molar-refractivity contribution is -0.109. The van der Waals surface area contributed by atoms with Crippen molar-refractivity contribution in [3.05, 3.63) is 64.9 Å². The Bertz CT molecular complexity index is 995. The Hall–Kier alpha value is -3.06. The first-order valence-corrected chi connectivity index (χ1v) is 8.87. The van der Waals surface area contributed by atoms with Crippen molar-refractivity contribution in [1.29, 1.82) is 0 Å². The second-order valence-corrected chi connectivity index (χ2v) is 6.98. The summed E-state index contributed by atoms with van der Waals surface area (Å²) in [4.78, 5) is 10.3. The number of hydrogen-bond acceptors (Lipinski definition) is 3. The minimum atomic E-state index is -1.17. The summed E-state index contributed by atoms with van der Waals surface area (Å²) in [5, 5.41) is 20.7. The Morgan fingerprint density at radius 2 is 1.96 bits per heavy atom. The maximum absolute atomic E-state index is 14.5. The highest BCUT2D eigenvalue weighted by atomic mass is 19.1. The molecular formula is C21H21F2N3O2. The Morgan fingerprint density at radius 3 is 2.68 bits per heavy atom. The van der Waals surface area contributed by atoms with Gasteiger partial charge in [0.15, 0.2) is 0 Å². The van der Waals surface area contributed by atoms with E-state index in [-0.39, 0.29) is 12.2 Å². The fourth-order valence-corrected chi connectivity index (χ4v) is 3.01. The summed E-state index contributed by atoms with van der Waals surface area (Å²) in [6, 6.07) is 9.06. The van der Waals surface area contributed by atoms with E-state index in [4.69, 9.17) is 0 Å². The number of nitrogens with zero attached hydrogens (tertiary/aromatic N) is 1. The third-order valence-corrected chi connectivity index (χ3v) is 4.53. The molecule has 1 unspecified atom stereocenters. The van der Waals surface area contributed by atoms with Crippen molar-refractivity contribution >= 4 is 29.5 Å². The van der Waals surface area contributed by atoms with Crippen molar-refractivity contribution in [2.75, 3.05) is 6.54 Å². The average Bonchev–Trinajstić information content (AvgIpc) is 3.03. The molecule has 3 N–H and O–H groups in total. The molecule has 5 nitrogen and oxygen atoms in total. The number of carbonyl (C=O) groups is 1. The highest BCUT2D eigenvalue weighted by Gasteiger charge is 2.23. The second-order valence-electron chi connectivity index (χ2n) is 6.98. The van der Waals surface area contributed by atoms with Crippen molar-refractivity contribution in [3.63, 3.8) is 0 Å². The van der Waals surface area contributed by atoms with Gasteiger partial charge in [0.25, 0.3) is 0 Å². The average molecular weight is 385 g/mol. The zero-order valence-electron chi connectivity index (χ0n) is 15.4. The van der Waals surface area contributed by atoms with E-state index in [0.717, 1.165) is 10.9 Å². The number of amides is 1. The summed E-state index contributed by atoms with van der Waals surface area (Å²) in [5.41, 5.74) is 1.16. The van der Waals surface area contributed by atoms with Crippen molar-refractivity contribution in [3.8, 4) is 0 Å². The fraction of sp³-hybridized carbons (Fsp3) is 0.238. The van der Waals surface area contributed by atoms with Crippen LogP contribution in [0.4, 0.5) is 8.78 Å². The lowest BCUT2D eigenvalue weighted by Gasteiger charge is -2.23. The number of H-pyrrole nitrogens is 1. The van der Waals surface area contributed by atoms with Crippen LogP contribution in [0.2, 0.25) is 0 Å². The summed E-state index contributed by atoms with van der Waals surface area (Å²) in [6.45, 7) is 1.91. The van der Waals surface area contributed by atoms with Crippen LogP contribution in [0.5, 0.6) is 0 Å². The van der Waals surface area contributed by atoms with E-state index in [2.05, 4.69) is 15.5 Å². The Morgan fingerprint density at radius 1 is 1.21 bits per heavy atom. The van der Waals surface area contributed by atoms with E-state index >= 15 is 0 Å². The fourth-order valence-electron chi connectivity index (χ4n) is 3.01. The van der Waals surface area contributed by atoms with E-state index in [0.29, 0.717) is 36.1 Å². The molecule has 0 bridgehead atoms. The quantitative estimate of drug-likeness (QED) is 0.411. The van der Waals surface area contributed by atoms with Crippen molar-refractivity contribution in [2.24, 2.45) is 0 Å². The number of aromatic nitrogens is 2. The highest BCUT2D eigenvalue weighted by Crippen LogP contribution is 2.26. The monoisotopic (exact) mass is 385 g/mol. The van der Waals surface area contributed by atoms with Gasteiger partial charge in [0.05, 0.1) is 16.8 Å². The summed E-state index contributed by atoms with van der Waals surface area (Å²) < 4.78 is 27.5. The number of nitrogens with one attached hydrogen (secondary N) is 2. The molecule has 0 aliphatic rings. The molecule has 0 fully saturated rings. The van der Waals surface area contributed by atoms with Crippen LogP contribution in [0.15, 0.2) is 36.4 Å². The molecule has 7 heteroatoms. The van der Waals surface area contributed by atoms with Crippen LogP contribution in [0.1, 0.15) is 30.2 Å². The number of benzene rings is 2. The van der Waals surface area contributed by atoms with Gasteiger partial charge in [-0.15, -0.1) is 0 Å². The molecule has 3 aromatic rings. The first-order chi connectivity index (χ1) is 13.4. The molecule has 0 saturated heterocycles. The number of hydrogen-bond donors (Lipinski definition) is 3. The summed E-state index contributed by atoms with van der Waals surface area (Å²) in [5.74, 6) is -0.744. The molecule has 0 aliphatic heterocycles. The van der Waals surface area contributed by atoms with Gasteiger partial charge in [-0.2, -0.15) is 5.10 Å². The molecule has 1 amide bonds. The van der Waals surface area contributed by atoms with E-state index in [1.165, 1.54) is 18.2 Å². The number of rotatable bonds is 8. The largest absolute Gasteiger partial charge is 0.390 e. The SMILES string of the molecule is CC(O)(CCNC=O)Cc1cc2c(/C=C/c3ccc(F)cc3)n[nH]c2cc1F. The first-order valence-electron chi connectivity index (χ1n) is 8.87. The van der Waals surface area contributed by atoms with Crippen LogP contribution in [0, 0.1) is 11.6 Å². The molecule has 1 atom stereocenters. The minimum Gasteiger partial charge on any atom is -0.390 e. The lowest BCUT2D eigenvalue weighted by Crippen LogP contribution is -2.32. The van der Waals surface area contributed by atoms with Crippen LogP contribution in [0.25, 0.3) is 23.1 Å². The first kappa shape index (κ1) is 19.7. The van der Waals surface area contributed by atoms with Crippen molar-refractivity contribution < 1.29 is 18.7 Å². The van der Waals surface area contributed by atoms with Crippen molar-refractivity contribution in [2.45, 2.75) is 25.4 Å². The summed E-state index contributed by atoms with van der Waals surface area (Å²) in [7, 11) is 0. The highest BCUT2D eigenvalue weighted by molar-refractivity contribution is 5.89. The molecule has 0 aliphatic carbocycles. The van der Waals surface area contributed by atoms with E-state index < -0.39 is 11.4 Å². The van der Waals surface area contributed by atoms with Gasteiger partial charge in [0, 0.05) is 18.4 Å². The zero-order chi connectivity index (χ0) is 20.1. The van der Waals surface area contributed by atoms with Crippen LogP contribution in [-0.4, -0.2) is 33.9 Å². The normalized spacial score (nSPS) is 13.7. The van der Waals surface area contributed by atoms with E-state index in [1.807, 2.05) is 0 Å². The van der Waals surface area contributed by atoms with Crippen LogP contribution >= 0.6 is 0 Å². The van der Waals surface area contributed by atoms with E-state index in [9.17, 15) is 18.7 Å². The van der Waals surface area contributed by atoms with E-state index in [1.54, 1.807) is 37.3 Å². The third-order valence-electron chi connectivity index (χ3n) is 4.53. The molecule has 0 radical (unpaired) electrons. The number of carbonyl (C=O) groups excluding carboxylic acids is 1. The van der Waals surface area contributed by atoms with Crippen molar-refractivity contribution in [1.82, 2.24) is 15.5 Å². The predicted molar refractivity (Wildman–Crippen MR) is 104 cm³/mol. The number of aromatic amines is 1. The maximum atomic E-state index is 14.5. The molecule has 1 heterocycles. The maximum Gasteiger partial charge on any atom is 0.207 e. The summed E-state index contributed by atoms with van der Waals surface area (Å²) in [6.07, 6.45) is 4.51. The van der Waals surface area contributed by atoms with Crippen LogP contribution in [0.3, 0.4) is 0 Å². The summed E-state index contributed by atoms with van der Waals surface area (Å²) >= 11 is 0. The Labute approximate surface area is 161 Å². The van der Waals surface area contributed by atoms with Gasteiger partial charge in [-0.1, -0.05) is 18.2 Å². The minimum absolute atomic E-state index is 0.0988. The van der Waals surface area contributed by atoms with Gasteiger partial charge >= 0.3 is 0 Å². The number of halogens is 2. The van der Waals surface area contributed by atoms with Crippen LogP contribution in [-0.2, 0) is 11.2 Å². The van der Waals surface area contributed by atoms with Crippen LogP contribution < -0.4 is 5.32 Å². The van der Waals surface area contributed by atoms with Gasteiger partial charge in [0.1, 0.15) is 11.6 Å². The molecular weight excluding hydrogens is 364 g/mol. The molecule has 0 saturated carbocycles. The van der Waals surface area contributed by atoms with Gasteiger partial charge in [0.2, 0.25) is 6.41 Å². The lowest BCUT2D eigenvalue weighted by atomic mass is 9.92. The predicted octanol–water partition coefficient (Wildman–Crippen LogP) is 3.44. The molecule has 146 valence electrons. The molecule has 0 spiro atoms.